The van der Waals surface area contributed by atoms with Crippen LogP contribution in [0, 0.1) is 5.82 Å². The van der Waals surface area contributed by atoms with Crippen molar-refractivity contribution in [3.05, 3.63) is 101 Å². The molecular weight excluding hydrogens is 419 g/mol. The van der Waals surface area contributed by atoms with Crippen LogP contribution in [0.25, 0.3) is 5.70 Å². The van der Waals surface area contributed by atoms with Gasteiger partial charge in [-0.15, -0.1) is 0 Å². The van der Waals surface area contributed by atoms with Gasteiger partial charge in [-0.3, -0.25) is 9.59 Å². The first-order chi connectivity index (χ1) is 15.7. The highest BCUT2D eigenvalue weighted by Gasteiger charge is 2.28. The molecule has 2 N–H and O–H groups in total. The lowest BCUT2D eigenvalue weighted by atomic mass is 9.85. The van der Waals surface area contributed by atoms with Gasteiger partial charge < -0.3 is 15.4 Å². The van der Waals surface area contributed by atoms with Gasteiger partial charge in [-0.2, -0.15) is 0 Å². The molecule has 168 valence electrons. The third-order valence-corrected chi connectivity index (χ3v) is 5.52. The Kier molecular flexibility index (Phi) is 6.01. The monoisotopic (exact) mass is 444 g/mol. The van der Waals surface area contributed by atoms with Crippen LogP contribution in [-0.4, -0.2) is 24.3 Å². The normalized spacial score (nSPS) is 15.3. The van der Waals surface area contributed by atoms with Crippen molar-refractivity contribution in [2.24, 2.45) is 0 Å². The molecule has 0 aromatic heterocycles. The van der Waals surface area contributed by atoms with Gasteiger partial charge in [-0.1, -0.05) is 6.07 Å². The Morgan fingerprint density at radius 1 is 1.00 bits per heavy atom. The van der Waals surface area contributed by atoms with E-state index in [9.17, 15) is 14.0 Å². The number of ether oxygens (including phenoxy) is 1. The molecule has 0 fully saturated rings. The first-order valence-corrected chi connectivity index (χ1v) is 10.6. The smallest absolute Gasteiger partial charge is 0.255 e. The molecule has 0 spiro atoms. The summed E-state index contributed by atoms with van der Waals surface area (Å²) in [6.07, 6.45) is 2.44. The summed E-state index contributed by atoms with van der Waals surface area (Å²) in [7, 11) is 1.62. The van der Waals surface area contributed by atoms with Crippen molar-refractivity contribution < 1.29 is 18.7 Å². The number of halogens is 1. The van der Waals surface area contributed by atoms with Gasteiger partial charge in [0.15, 0.2) is 5.78 Å². The van der Waals surface area contributed by atoms with Crippen molar-refractivity contribution in [1.29, 1.82) is 0 Å². The molecule has 3 aromatic rings. The predicted molar refractivity (Wildman–Crippen MR) is 127 cm³/mol. The predicted octanol–water partition coefficient (Wildman–Crippen LogP) is 5.23. The largest absolute Gasteiger partial charge is 0.497 e. The number of rotatable bonds is 5. The van der Waals surface area contributed by atoms with Crippen molar-refractivity contribution in [1.82, 2.24) is 5.32 Å². The van der Waals surface area contributed by atoms with Gasteiger partial charge in [0, 0.05) is 39.7 Å². The molecule has 1 amide bonds. The summed E-state index contributed by atoms with van der Waals surface area (Å²) in [5.41, 5.74) is 4.04. The molecule has 6 heteroatoms. The fraction of sp³-hybridized carbons (Fsp3) is 0.185. The minimum Gasteiger partial charge on any atom is -0.497 e. The lowest BCUT2D eigenvalue weighted by Crippen LogP contribution is -2.43. The van der Waals surface area contributed by atoms with Crippen molar-refractivity contribution >= 4 is 23.1 Å². The van der Waals surface area contributed by atoms with Crippen LogP contribution in [-0.2, 0) is 6.42 Å². The maximum Gasteiger partial charge on any atom is 0.255 e. The van der Waals surface area contributed by atoms with Gasteiger partial charge in [0.05, 0.1) is 7.11 Å². The van der Waals surface area contributed by atoms with Crippen molar-refractivity contribution in [2.45, 2.75) is 25.8 Å². The maximum atomic E-state index is 13.0. The maximum absolute atomic E-state index is 13.0. The molecule has 33 heavy (non-hydrogen) atoms. The number of benzene rings is 3. The van der Waals surface area contributed by atoms with Crippen LogP contribution >= 0.6 is 0 Å². The van der Waals surface area contributed by atoms with Crippen LogP contribution in [0.2, 0.25) is 0 Å². The third kappa shape index (κ3) is 5.12. The zero-order valence-corrected chi connectivity index (χ0v) is 18.7. The molecule has 4 rings (SSSR count). The summed E-state index contributed by atoms with van der Waals surface area (Å²) in [6, 6.07) is 17.9. The lowest BCUT2D eigenvalue weighted by molar-refractivity contribution is 0.102. The number of ketones is 1. The second kappa shape index (κ2) is 8.90. The average Bonchev–Trinajstić information content (AvgIpc) is 2.79. The molecule has 0 unspecified atom stereocenters. The molecule has 0 radical (unpaired) electrons. The van der Waals surface area contributed by atoms with Gasteiger partial charge in [0.25, 0.3) is 5.91 Å². The number of allylic oxidation sites excluding steroid dienone is 1. The highest BCUT2D eigenvalue weighted by Crippen LogP contribution is 2.32. The second-order valence-electron chi connectivity index (χ2n) is 8.67. The highest BCUT2D eigenvalue weighted by atomic mass is 19.1. The Balaban J connectivity index is 1.54. The van der Waals surface area contributed by atoms with Gasteiger partial charge in [-0.05, 0) is 86.5 Å². The number of carbonyl (C=O) groups is 2. The lowest BCUT2D eigenvalue weighted by Gasteiger charge is -2.35. The first-order valence-electron chi connectivity index (χ1n) is 10.6. The van der Waals surface area contributed by atoms with E-state index in [4.69, 9.17) is 4.74 Å². The van der Waals surface area contributed by atoms with Crippen LogP contribution in [0.15, 0.2) is 72.8 Å². The van der Waals surface area contributed by atoms with E-state index < -0.39 is 5.82 Å². The topological polar surface area (TPSA) is 67.4 Å². The van der Waals surface area contributed by atoms with Gasteiger partial charge >= 0.3 is 0 Å². The molecule has 3 aromatic carbocycles. The molecule has 1 aliphatic heterocycles. The molecule has 1 heterocycles. The summed E-state index contributed by atoms with van der Waals surface area (Å²) in [5, 5.41) is 6.21. The summed E-state index contributed by atoms with van der Waals surface area (Å²) in [5.74, 6) is -0.175. The quantitative estimate of drug-likeness (QED) is 0.418. The number of hydrogen-bond donors (Lipinski definition) is 2. The number of nitrogens with one attached hydrogen (secondary N) is 2. The minimum absolute atomic E-state index is 0.152. The molecule has 0 bridgehead atoms. The van der Waals surface area contributed by atoms with E-state index in [0.29, 0.717) is 16.8 Å². The van der Waals surface area contributed by atoms with E-state index >= 15 is 0 Å². The van der Waals surface area contributed by atoms with E-state index in [1.54, 1.807) is 37.5 Å². The fourth-order valence-electron chi connectivity index (χ4n) is 3.89. The summed E-state index contributed by atoms with van der Waals surface area (Å²) >= 11 is 0. The Labute approximate surface area is 192 Å². The third-order valence-electron chi connectivity index (χ3n) is 5.52. The number of anilines is 1. The standard InChI is InChI=1S/C27H25FN2O3/c1-27(2)16-19-8-13-22(33-3)14-23(19)24(30-27)15-25(31)17-6-11-21(12-7-17)29-26(32)18-4-9-20(28)10-5-18/h4-15,30H,16H2,1-3H3,(H,29,32). The van der Waals surface area contributed by atoms with E-state index in [-0.39, 0.29) is 17.2 Å². The zero-order chi connectivity index (χ0) is 23.6. The number of amides is 1. The molecule has 0 saturated heterocycles. The van der Waals surface area contributed by atoms with Crippen molar-refractivity contribution in [3.63, 3.8) is 0 Å². The van der Waals surface area contributed by atoms with E-state index in [2.05, 4.69) is 24.5 Å². The highest BCUT2D eigenvalue weighted by molar-refractivity contribution is 6.09. The number of hydrogen-bond acceptors (Lipinski definition) is 4. The van der Waals surface area contributed by atoms with Crippen LogP contribution in [0.4, 0.5) is 10.1 Å². The Morgan fingerprint density at radius 3 is 2.33 bits per heavy atom. The van der Waals surface area contributed by atoms with Gasteiger partial charge in [-0.25, -0.2) is 4.39 Å². The van der Waals surface area contributed by atoms with E-state index in [0.717, 1.165) is 29.0 Å². The minimum atomic E-state index is -0.402. The van der Waals surface area contributed by atoms with Gasteiger partial charge in [0.2, 0.25) is 0 Å². The Hall–Kier alpha value is -3.93. The van der Waals surface area contributed by atoms with E-state index in [1.165, 1.54) is 24.3 Å². The summed E-state index contributed by atoms with van der Waals surface area (Å²) < 4.78 is 18.4. The van der Waals surface area contributed by atoms with Crippen molar-refractivity contribution in [2.75, 3.05) is 12.4 Å². The van der Waals surface area contributed by atoms with E-state index in [1.807, 2.05) is 18.2 Å². The number of carbonyl (C=O) groups excluding carboxylic acids is 2. The zero-order valence-electron chi connectivity index (χ0n) is 18.7. The van der Waals surface area contributed by atoms with Gasteiger partial charge in [0.1, 0.15) is 11.6 Å². The van der Waals surface area contributed by atoms with Crippen LogP contribution in [0.5, 0.6) is 5.75 Å². The fourth-order valence-corrected chi connectivity index (χ4v) is 3.89. The van der Waals surface area contributed by atoms with Crippen LogP contribution in [0.1, 0.15) is 45.7 Å². The first kappa shape index (κ1) is 22.3. The molecule has 0 aliphatic carbocycles. The average molecular weight is 445 g/mol. The van der Waals surface area contributed by atoms with Crippen LogP contribution in [0.3, 0.4) is 0 Å². The molecule has 0 saturated carbocycles. The van der Waals surface area contributed by atoms with Crippen LogP contribution < -0.4 is 15.4 Å². The molecule has 0 atom stereocenters. The SMILES string of the molecule is COc1ccc2c(c1)C(=CC(=O)c1ccc(NC(=O)c3ccc(F)cc3)cc1)NC(C)(C)C2. The number of fused-ring (bicyclic) bond motifs is 1. The molecule has 1 aliphatic rings. The summed E-state index contributed by atoms with van der Waals surface area (Å²) in [4.78, 5) is 25.3. The molecule has 5 nitrogen and oxygen atoms in total. The van der Waals surface area contributed by atoms with Crippen molar-refractivity contribution in [3.8, 4) is 5.75 Å². The second-order valence-corrected chi connectivity index (χ2v) is 8.67. The Bertz CT molecular complexity index is 1230. The molecular formula is C27H25FN2O3. The Morgan fingerprint density at radius 2 is 1.67 bits per heavy atom. The summed E-state index contributed by atoms with van der Waals surface area (Å²) in [6.45, 7) is 4.19. The number of methoxy groups -OCH3 is 1.